The van der Waals surface area contributed by atoms with E-state index in [1.54, 1.807) is 4.90 Å². The van der Waals surface area contributed by atoms with Gasteiger partial charge in [0.05, 0.1) is 0 Å². The molecule has 2 aliphatic rings. The Morgan fingerprint density at radius 1 is 1.06 bits per heavy atom. The van der Waals surface area contributed by atoms with E-state index in [0.717, 1.165) is 63.1 Å². The van der Waals surface area contributed by atoms with E-state index in [-0.39, 0.29) is 11.5 Å². The highest BCUT2D eigenvalue weighted by Gasteiger charge is 2.27. The number of amides is 1. The number of carbonyl (C=O) groups is 1. The minimum atomic E-state index is -1.50. The molecule has 0 saturated carbocycles. The van der Waals surface area contributed by atoms with Crippen LogP contribution in [-0.4, -0.2) is 58.4 Å². The van der Waals surface area contributed by atoms with Crippen molar-refractivity contribution < 1.29 is 18.0 Å². The van der Waals surface area contributed by atoms with Gasteiger partial charge in [0, 0.05) is 43.5 Å². The quantitative estimate of drug-likeness (QED) is 0.406. The van der Waals surface area contributed by atoms with Gasteiger partial charge >= 0.3 is 0 Å². The number of pyridine rings is 1. The van der Waals surface area contributed by atoms with Crippen molar-refractivity contribution in [3.05, 3.63) is 71.3 Å². The number of carbonyl (C=O) groups excluding carboxylic acids is 1. The Labute approximate surface area is 202 Å². The molecular weight excluding hydrogens is 453 g/mol. The van der Waals surface area contributed by atoms with Crippen LogP contribution in [0.15, 0.2) is 42.7 Å². The molecular formula is C27H29F3N4O. The molecule has 0 aliphatic carbocycles. The number of nitrogens with one attached hydrogen (secondary N) is 1. The van der Waals surface area contributed by atoms with Crippen LogP contribution in [0.4, 0.5) is 13.2 Å². The zero-order valence-electron chi connectivity index (χ0n) is 19.5. The summed E-state index contributed by atoms with van der Waals surface area (Å²) in [6.45, 7) is 4.53. The van der Waals surface area contributed by atoms with Crippen LogP contribution < -0.4 is 0 Å². The third kappa shape index (κ3) is 5.27. The van der Waals surface area contributed by atoms with Gasteiger partial charge in [-0.05, 0) is 92.1 Å². The molecule has 0 radical (unpaired) electrons. The molecule has 4 heterocycles. The highest BCUT2D eigenvalue weighted by Crippen LogP contribution is 2.33. The van der Waals surface area contributed by atoms with Gasteiger partial charge in [-0.3, -0.25) is 4.79 Å². The molecule has 1 aromatic carbocycles. The summed E-state index contributed by atoms with van der Waals surface area (Å²) in [5, 5.41) is 1.23. The first-order valence-corrected chi connectivity index (χ1v) is 12.2. The first kappa shape index (κ1) is 23.6. The third-order valence-corrected chi connectivity index (χ3v) is 7.38. The Bertz CT molecular complexity index is 1200. The first-order chi connectivity index (χ1) is 17.0. The zero-order valence-corrected chi connectivity index (χ0v) is 19.5. The zero-order chi connectivity index (χ0) is 24.4. The number of benzene rings is 1. The van der Waals surface area contributed by atoms with Crippen LogP contribution in [0.5, 0.6) is 0 Å². The fourth-order valence-electron chi connectivity index (χ4n) is 5.39. The van der Waals surface area contributed by atoms with E-state index in [2.05, 4.69) is 27.1 Å². The molecule has 2 saturated heterocycles. The lowest BCUT2D eigenvalue weighted by atomic mass is 9.88. The summed E-state index contributed by atoms with van der Waals surface area (Å²) < 4.78 is 39.8. The predicted molar refractivity (Wildman–Crippen MR) is 129 cm³/mol. The molecule has 1 amide bonds. The number of H-pyrrole nitrogens is 1. The minimum Gasteiger partial charge on any atom is -0.346 e. The number of hydrogen-bond donors (Lipinski definition) is 1. The highest BCUT2D eigenvalue weighted by atomic mass is 19.2. The van der Waals surface area contributed by atoms with Crippen LogP contribution in [-0.2, 0) is 4.79 Å². The standard InChI is InChI=1S/C27H29F3N4O/c28-23-14-19(15-24(29)26(23)30)3-4-25(35)34-12-5-18(6-13-34)17-33-10-7-20(8-11-33)22-16-32-27-21(22)2-1-9-31-27/h1-4,9,14-16,18,20H,5-8,10-13,17H2,(H,31,32)/b4-3+. The molecule has 0 bridgehead atoms. The van der Waals surface area contributed by atoms with Crippen molar-refractivity contribution >= 4 is 23.0 Å². The van der Waals surface area contributed by atoms with Crippen LogP contribution in [0.3, 0.4) is 0 Å². The molecule has 35 heavy (non-hydrogen) atoms. The lowest BCUT2D eigenvalue weighted by molar-refractivity contribution is -0.127. The van der Waals surface area contributed by atoms with Gasteiger partial charge in [-0.1, -0.05) is 0 Å². The number of hydrogen-bond acceptors (Lipinski definition) is 3. The van der Waals surface area contributed by atoms with Crippen LogP contribution >= 0.6 is 0 Å². The SMILES string of the molecule is O=C(/C=C/c1cc(F)c(F)c(F)c1)N1CCC(CN2CCC(c3c[nH]c4ncccc34)CC2)CC1. The van der Waals surface area contributed by atoms with Crippen LogP contribution in [0.25, 0.3) is 17.1 Å². The molecule has 2 fully saturated rings. The van der Waals surface area contributed by atoms with Gasteiger partial charge in [-0.2, -0.15) is 0 Å². The Morgan fingerprint density at radius 2 is 1.77 bits per heavy atom. The Morgan fingerprint density at radius 3 is 2.49 bits per heavy atom. The molecule has 2 aliphatic heterocycles. The predicted octanol–water partition coefficient (Wildman–Crippen LogP) is 5.11. The van der Waals surface area contributed by atoms with Gasteiger partial charge in [0.1, 0.15) is 5.65 Å². The summed E-state index contributed by atoms with van der Waals surface area (Å²) in [5.41, 5.74) is 2.45. The number of rotatable bonds is 5. The fourth-order valence-corrected chi connectivity index (χ4v) is 5.39. The third-order valence-electron chi connectivity index (χ3n) is 7.38. The van der Waals surface area contributed by atoms with Crippen LogP contribution in [0.1, 0.15) is 42.7 Å². The molecule has 5 rings (SSSR count). The molecule has 184 valence electrons. The van der Waals surface area contributed by atoms with Crippen molar-refractivity contribution in [2.24, 2.45) is 5.92 Å². The summed E-state index contributed by atoms with van der Waals surface area (Å²) in [7, 11) is 0. The fraction of sp³-hybridized carbons (Fsp3) is 0.407. The summed E-state index contributed by atoms with van der Waals surface area (Å²) in [5.74, 6) is -3.12. The number of halogens is 3. The van der Waals surface area contributed by atoms with Gasteiger partial charge in [-0.25, -0.2) is 18.2 Å². The van der Waals surface area contributed by atoms with E-state index in [0.29, 0.717) is 24.9 Å². The Hall–Kier alpha value is -3.13. The monoisotopic (exact) mass is 482 g/mol. The molecule has 8 heteroatoms. The average Bonchev–Trinajstić information content (AvgIpc) is 3.31. The van der Waals surface area contributed by atoms with E-state index < -0.39 is 17.5 Å². The summed E-state index contributed by atoms with van der Waals surface area (Å²) in [6.07, 6.45) is 10.7. The van der Waals surface area contributed by atoms with Crippen molar-refractivity contribution in [1.29, 1.82) is 0 Å². The molecule has 1 N–H and O–H groups in total. The van der Waals surface area contributed by atoms with Crippen molar-refractivity contribution in [3.63, 3.8) is 0 Å². The summed E-state index contributed by atoms with van der Waals surface area (Å²) in [6, 6.07) is 5.89. The lowest BCUT2D eigenvalue weighted by Gasteiger charge is -2.37. The van der Waals surface area contributed by atoms with E-state index in [1.165, 1.54) is 23.1 Å². The molecule has 0 atom stereocenters. The van der Waals surface area contributed by atoms with Gasteiger partial charge in [0.2, 0.25) is 5.91 Å². The summed E-state index contributed by atoms with van der Waals surface area (Å²) in [4.78, 5) is 24.5. The summed E-state index contributed by atoms with van der Waals surface area (Å²) >= 11 is 0. The van der Waals surface area contributed by atoms with E-state index in [4.69, 9.17) is 0 Å². The smallest absolute Gasteiger partial charge is 0.246 e. The van der Waals surface area contributed by atoms with Crippen LogP contribution in [0, 0.1) is 23.4 Å². The van der Waals surface area contributed by atoms with Gasteiger partial charge < -0.3 is 14.8 Å². The number of likely N-dealkylation sites (tertiary alicyclic amines) is 2. The number of nitrogens with zero attached hydrogens (tertiary/aromatic N) is 3. The van der Waals surface area contributed by atoms with Crippen LogP contribution in [0.2, 0.25) is 0 Å². The largest absolute Gasteiger partial charge is 0.346 e. The Kier molecular flexibility index (Phi) is 6.90. The molecule has 2 aromatic heterocycles. The normalized spacial score (nSPS) is 18.7. The first-order valence-electron chi connectivity index (χ1n) is 12.2. The lowest BCUT2D eigenvalue weighted by Crippen LogP contribution is -2.42. The molecule has 3 aromatic rings. The second-order valence-corrected chi connectivity index (χ2v) is 9.62. The average molecular weight is 483 g/mol. The number of aromatic amines is 1. The van der Waals surface area contributed by atoms with Crippen molar-refractivity contribution in [2.75, 3.05) is 32.7 Å². The number of aromatic nitrogens is 2. The Balaban J connectivity index is 1.08. The molecule has 5 nitrogen and oxygen atoms in total. The van der Waals surface area contributed by atoms with E-state index in [1.807, 2.05) is 12.3 Å². The van der Waals surface area contributed by atoms with E-state index >= 15 is 0 Å². The van der Waals surface area contributed by atoms with Gasteiger partial charge in [0.15, 0.2) is 17.5 Å². The number of piperidine rings is 2. The van der Waals surface area contributed by atoms with Crippen molar-refractivity contribution in [1.82, 2.24) is 19.8 Å². The maximum Gasteiger partial charge on any atom is 0.246 e. The second-order valence-electron chi connectivity index (χ2n) is 9.62. The molecule has 0 unspecified atom stereocenters. The maximum atomic E-state index is 13.4. The van der Waals surface area contributed by atoms with E-state index in [9.17, 15) is 18.0 Å². The van der Waals surface area contributed by atoms with Crippen molar-refractivity contribution in [3.8, 4) is 0 Å². The number of fused-ring (bicyclic) bond motifs is 1. The van der Waals surface area contributed by atoms with Crippen molar-refractivity contribution in [2.45, 2.75) is 31.6 Å². The topological polar surface area (TPSA) is 52.2 Å². The van der Waals surface area contributed by atoms with Gasteiger partial charge in [0.25, 0.3) is 0 Å². The minimum absolute atomic E-state index is 0.122. The van der Waals surface area contributed by atoms with Gasteiger partial charge in [-0.15, -0.1) is 0 Å². The second kappa shape index (κ2) is 10.2. The maximum absolute atomic E-state index is 13.4. The molecule has 0 spiro atoms. The highest BCUT2D eigenvalue weighted by molar-refractivity contribution is 5.91.